The highest BCUT2D eigenvalue weighted by atomic mass is 16.5. The van der Waals surface area contributed by atoms with Gasteiger partial charge in [0.2, 0.25) is 5.76 Å². The number of amides is 1. The average Bonchev–Trinajstić information content (AvgIpc) is 3.15. The Morgan fingerprint density at radius 2 is 2.04 bits per heavy atom. The van der Waals surface area contributed by atoms with Gasteiger partial charge in [-0.25, -0.2) is 9.97 Å². The van der Waals surface area contributed by atoms with E-state index in [1.165, 1.54) is 0 Å². The van der Waals surface area contributed by atoms with E-state index >= 15 is 0 Å². The van der Waals surface area contributed by atoms with E-state index in [1.54, 1.807) is 17.3 Å². The summed E-state index contributed by atoms with van der Waals surface area (Å²) < 4.78 is 10.7. The molecule has 0 unspecified atom stereocenters. The summed E-state index contributed by atoms with van der Waals surface area (Å²) in [7, 11) is 0. The third kappa shape index (κ3) is 3.80. The van der Waals surface area contributed by atoms with E-state index in [0.29, 0.717) is 38.0 Å². The maximum absolute atomic E-state index is 12.8. The molecule has 8 nitrogen and oxygen atoms in total. The van der Waals surface area contributed by atoms with Gasteiger partial charge in [0.05, 0.1) is 31.1 Å². The number of anilines is 1. The fraction of sp³-hybridized carbons (Fsp3) is 0.579. The molecule has 8 heteroatoms. The molecule has 2 aliphatic heterocycles. The minimum absolute atomic E-state index is 0.130. The molecule has 0 spiro atoms. The Morgan fingerprint density at radius 3 is 2.81 bits per heavy atom. The van der Waals surface area contributed by atoms with E-state index in [1.807, 2.05) is 0 Å². The molecule has 2 aromatic rings. The van der Waals surface area contributed by atoms with Gasteiger partial charge in [-0.05, 0) is 18.8 Å². The van der Waals surface area contributed by atoms with Crippen LogP contribution in [0, 0.1) is 5.92 Å². The summed E-state index contributed by atoms with van der Waals surface area (Å²) in [6.45, 7) is 8.42. The zero-order valence-electron chi connectivity index (χ0n) is 15.8. The Bertz CT molecular complexity index is 813. The van der Waals surface area contributed by atoms with Crippen molar-refractivity contribution >= 4 is 11.7 Å². The molecule has 27 heavy (non-hydrogen) atoms. The summed E-state index contributed by atoms with van der Waals surface area (Å²) in [4.78, 5) is 25.8. The summed E-state index contributed by atoms with van der Waals surface area (Å²) in [6.07, 6.45) is 3.13. The highest BCUT2D eigenvalue weighted by Crippen LogP contribution is 2.27. The lowest BCUT2D eigenvalue weighted by atomic mass is 10.0. The maximum Gasteiger partial charge on any atom is 0.292 e. The van der Waals surface area contributed by atoms with Crippen molar-refractivity contribution in [2.45, 2.75) is 33.2 Å². The van der Waals surface area contributed by atoms with Crippen LogP contribution in [0.2, 0.25) is 0 Å². The smallest absolute Gasteiger partial charge is 0.292 e. The number of carbonyl (C=O) groups excluding carboxylic acids is 1. The van der Waals surface area contributed by atoms with Crippen LogP contribution in [0.15, 0.2) is 16.9 Å². The van der Waals surface area contributed by atoms with Crippen LogP contribution in [-0.2, 0) is 24.1 Å². The Kier molecular flexibility index (Phi) is 5.07. The Morgan fingerprint density at radius 1 is 1.22 bits per heavy atom. The summed E-state index contributed by atoms with van der Waals surface area (Å²) in [6, 6.07) is 1.76. The van der Waals surface area contributed by atoms with E-state index in [-0.39, 0.29) is 5.91 Å². The van der Waals surface area contributed by atoms with Crippen LogP contribution in [0.1, 0.15) is 41.4 Å². The lowest BCUT2D eigenvalue weighted by molar-refractivity contribution is 0.0689. The van der Waals surface area contributed by atoms with Crippen molar-refractivity contribution in [3.63, 3.8) is 0 Å². The number of rotatable bonds is 4. The van der Waals surface area contributed by atoms with Crippen molar-refractivity contribution in [3.05, 3.63) is 35.1 Å². The first kappa shape index (κ1) is 17.9. The number of aromatic nitrogens is 3. The number of nitrogens with zero attached hydrogens (tertiary/aromatic N) is 5. The number of fused-ring (bicyclic) bond motifs is 1. The van der Waals surface area contributed by atoms with Crippen LogP contribution in [0.4, 0.5) is 5.82 Å². The quantitative estimate of drug-likeness (QED) is 0.809. The molecular formula is C19H25N5O3. The summed E-state index contributed by atoms with van der Waals surface area (Å²) >= 11 is 0. The van der Waals surface area contributed by atoms with Gasteiger partial charge in [0.15, 0.2) is 0 Å². The molecule has 1 amide bonds. The first-order valence-electron chi connectivity index (χ1n) is 9.52. The van der Waals surface area contributed by atoms with Crippen LogP contribution < -0.4 is 4.90 Å². The Hall–Kier alpha value is -2.48. The molecule has 0 atom stereocenters. The average molecular weight is 371 g/mol. The summed E-state index contributed by atoms with van der Waals surface area (Å²) in [5, 5.41) is 4.03. The van der Waals surface area contributed by atoms with Crippen LogP contribution in [0.3, 0.4) is 0 Å². The summed E-state index contributed by atoms with van der Waals surface area (Å²) in [5.74, 6) is 1.62. The van der Waals surface area contributed by atoms with Crippen LogP contribution >= 0.6 is 0 Å². The van der Waals surface area contributed by atoms with E-state index < -0.39 is 0 Å². The molecule has 1 fully saturated rings. The lowest BCUT2D eigenvalue weighted by Crippen LogP contribution is -2.40. The molecule has 4 rings (SSSR count). The van der Waals surface area contributed by atoms with Crippen molar-refractivity contribution in [2.24, 2.45) is 5.92 Å². The second-order valence-corrected chi connectivity index (χ2v) is 7.48. The van der Waals surface area contributed by atoms with Crippen molar-refractivity contribution in [3.8, 4) is 0 Å². The minimum atomic E-state index is -0.130. The second kappa shape index (κ2) is 7.64. The van der Waals surface area contributed by atoms with Crippen molar-refractivity contribution in [2.75, 3.05) is 37.7 Å². The molecule has 0 N–H and O–H groups in total. The molecule has 0 radical (unpaired) electrons. The van der Waals surface area contributed by atoms with E-state index in [9.17, 15) is 4.79 Å². The van der Waals surface area contributed by atoms with Crippen molar-refractivity contribution < 1.29 is 14.1 Å². The molecule has 4 heterocycles. The van der Waals surface area contributed by atoms with Gasteiger partial charge >= 0.3 is 0 Å². The van der Waals surface area contributed by atoms with E-state index in [4.69, 9.17) is 9.26 Å². The molecule has 0 bridgehead atoms. The molecule has 0 aromatic carbocycles. The molecular weight excluding hydrogens is 346 g/mol. The second-order valence-electron chi connectivity index (χ2n) is 7.48. The van der Waals surface area contributed by atoms with Crippen molar-refractivity contribution in [1.29, 1.82) is 0 Å². The van der Waals surface area contributed by atoms with Gasteiger partial charge < -0.3 is 19.1 Å². The topological polar surface area (TPSA) is 84.6 Å². The predicted octanol–water partition coefficient (Wildman–Crippen LogP) is 1.70. The Labute approximate surface area is 158 Å². The molecule has 0 aliphatic carbocycles. The highest BCUT2D eigenvalue weighted by Gasteiger charge is 2.29. The molecule has 2 aliphatic rings. The van der Waals surface area contributed by atoms with Crippen LogP contribution in [-0.4, -0.2) is 58.8 Å². The fourth-order valence-corrected chi connectivity index (χ4v) is 3.64. The number of hydrogen-bond donors (Lipinski definition) is 0. The van der Waals surface area contributed by atoms with E-state index in [2.05, 4.69) is 33.9 Å². The van der Waals surface area contributed by atoms with Crippen LogP contribution in [0.25, 0.3) is 0 Å². The lowest BCUT2D eigenvalue weighted by Gasteiger charge is -2.33. The standard InChI is InChI=1S/C19H25N5O3/c1-13(2)9-14-10-17(27-22-14)19(25)24-4-3-15-16(11-24)20-12-21-18(15)23-5-7-26-8-6-23/h10,12-13H,3-9,11H2,1-2H3. The Balaban J connectivity index is 1.49. The SMILES string of the molecule is CC(C)Cc1cc(C(=O)N2CCc3c(ncnc3N3CCOCC3)C2)on1. The number of ether oxygens (including phenoxy) is 1. The van der Waals surface area contributed by atoms with Gasteiger partial charge in [-0.2, -0.15) is 0 Å². The van der Waals surface area contributed by atoms with Gasteiger partial charge in [-0.3, -0.25) is 4.79 Å². The van der Waals surface area contributed by atoms with Gasteiger partial charge in [0.25, 0.3) is 5.91 Å². The molecule has 0 saturated carbocycles. The van der Waals surface area contributed by atoms with Crippen molar-refractivity contribution in [1.82, 2.24) is 20.0 Å². The molecule has 2 aromatic heterocycles. The number of carbonyl (C=O) groups is 1. The maximum atomic E-state index is 12.8. The fourth-order valence-electron chi connectivity index (χ4n) is 3.64. The zero-order chi connectivity index (χ0) is 18.8. The van der Waals surface area contributed by atoms with E-state index in [0.717, 1.165) is 48.7 Å². The van der Waals surface area contributed by atoms with Gasteiger partial charge in [0.1, 0.15) is 12.1 Å². The molecule has 1 saturated heterocycles. The number of morpholine rings is 1. The predicted molar refractivity (Wildman–Crippen MR) is 98.6 cm³/mol. The minimum Gasteiger partial charge on any atom is -0.378 e. The van der Waals surface area contributed by atoms with Gasteiger partial charge in [-0.15, -0.1) is 0 Å². The third-order valence-corrected chi connectivity index (χ3v) is 4.97. The summed E-state index contributed by atoms with van der Waals surface area (Å²) in [5.41, 5.74) is 2.87. The normalized spacial score (nSPS) is 17.3. The van der Waals surface area contributed by atoms with Gasteiger partial charge in [-0.1, -0.05) is 19.0 Å². The molecule has 144 valence electrons. The van der Waals surface area contributed by atoms with Gasteiger partial charge in [0, 0.05) is 31.3 Å². The first-order valence-corrected chi connectivity index (χ1v) is 9.52. The monoisotopic (exact) mass is 371 g/mol. The first-order chi connectivity index (χ1) is 13.1. The zero-order valence-corrected chi connectivity index (χ0v) is 15.8. The van der Waals surface area contributed by atoms with Crippen LogP contribution in [0.5, 0.6) is 0 Å². The third-order valence-electron chi connectivity index (χ3n) is 4.97. The largest absolute Gasteiger partial charge is 0.378 e. The highest BCUT2D eigenvalue weighted by molar-refractivity contribution is 5.91. The number of hydrogen-bond acceptors (Lipinski definition) is 7.